The van der Waals surface area contributed by atoms with Gasteiger partial charge in [0.05, 0.1) is 12.0 Å². The summed E-state index contributed by atoms with van der Waals surface area (Å²) in [5.41, 5.74) is -3.00. The molecule has 0 aromatic heterocycles. The molecule has 1 aromatic rings. The van der Waals surface area contributed by atoms with Gasteiger partial charge in [-0.3, -0.25) is 14.4 Å². The molecule has 0 spiro atoms. The number of cyclic esters (lactones) is 1. The fourth-order valence-electron chi connectivity index (χ4n) is 4.76. The van der Waals surface area contributed by atoms with Gasteiger partial charge in [-0.05, 0) is 27.2 Å². The Hall–Kier alpha value is -2.17. The number of Topliss-reactive ketones (excluding diaryl/α,β-unsaturated/α-hetero) is 1. The van der Waals surface area contributed by atoms with Gasteiger partial charge in [0.2, 0.25) is 0 Å². The van der Waals surface area contributed by atoms with Crippen molar-refractivity contribution in [3.05, 3.63) is 35.9 Å². The number of hydrogen-bond acceptors (Lipinski definition) is 5. The molecular formula is C19H22O5. The van der Waals surface area contributed by atoms with Crippen LogP contribution in [-0.4, -0.2) is 29.9 Å². The molecule has 1 aliphatic heterocycles. The molecule has 5 heteroatoms. The van der Waals surface area contributed by atoms with Crippen molar-refractivity contribution in [2.75, 3.05) is 6.61 Å². The van der Waals surface area contributed by atoms with Crippen molar-refractivity contribution < 1.29 is 23.9 Å². The molecule has 3 rings (SSSR count). The number of esters is 2. The topological polar surface area (TPSA) is 69.7 Å². The third-order valence-electron chi connectivity index (χ3n) is 5.52. The zero-order chi connectivity index (χ0) is 17.8. The molecule has 3 atom stereocenters. The summed E-state index contributed by atoms with van der Waals surface area (Å²) < 4.78 is 10.6. The van der Waals surface area contributed by atoms with Crippen molar-refractivity contribution in [2.24, 2.45) is 16.7 Å². The number of hydrogen-bond donors (Lipinski definition) is 0. The monoisotopic (exact) mass is 330 g/mol. The van der Waals surface area contributed by atoms with Crippen molar-refractivity contribution in [1.82, 2.24) is 0 Å². The standard InChI is InChI=1S/C19H22O5/c1-5-18(13(20)12-10-8-7-9-11-12)14-17(3,4)24-16(22)19(14,18)15(21)23-6-2/h7-11,14H,5-6H2,1-4H3/t14-,18+,19+/m1/s1. The van der Waals surface area contributed by atoms with E-state index in [0.29, 0.717) is 12.0 Å². The summed E-state index contributed by atoms with van der Waals surface area (Å²) in [4.78, 5) is 38.8. The smallest absolute Gasteiger partial charge is 0.325 e. The van der Waals surface area contributed by atoms with E-state index in [1.165, 1.54) is 0 Å². The van der Waals surface area contributed by atoms with Crippen molar-refractivity contribution in [3.63, 3.8) is 0 Å². The number of ether oxygens (including phenoxy) is 2. The lowest BCUT2D eigenvalue weighted by atomic mass is 9.81. The number of fused-ring (bicyclic) bond motifs is 1. The van der Waals surface area contributed by atoms with Crippen LogP contribution in [0.1, 0.15) is 44.5 Å². The van der Waals surface area contributed by atoms with Crippen LogP contribution in [0.15, 0.2) is 30.3 Å². The highest BCUT2D eigenvalue weighted by molar-refractivity contribution is 6.19. The van der Waals surface area contributed by atoms with Gasteiger partial charge in [0.15, 0.2) is 11.2 Å². The maximum Gasteiger partial charge on any atom is 0.325 e. The fourth-order valence-corrected chi connectivity index (χ4v) is 4.76. The molecule has 1 saturated carbocycles. The van der Waals surface area contributed by atoms with E-state index in [4.69, 9.17) is 9.47 Å². The minimum absolute atomic E-state index is 0.153. The van der Waals surface area contributed by atoms with Crippen molar-refractivity contribution in [1.29, 1.82) is 0 Å². The van der Waals surface area contributed by atoms with E-state index in [1.807, 2.05) is 13.0 Å². The van der Waals surface area contributed by atoms with E-state index in [-0.39, 0.29) is 12.4 Å². The second-order valence-corrected chi connectivity index (χ2v) is 6.97. The van der Waals surface area contributed by atoms with Crippen LogP contribution in [0, 0.1) is 16.7 Å². The van der Waals surface area contributed by atoms with Gasteiger partial charge in [-0.2, -0.15) is 0 Å². The predicted molar refractivity (Wildman–Crippen MR) is 86.2 cm³/mol. The van der Waals surface area contributed by atoms with Gasteiger partial charge in [0.25, 0.3) is 0 Å². The maximum absolute atomic E-state index is 13.3. The summed E-state index contributed by atoms with van der Waals surface area (Å²) in [5.74, 6) is -1.98. The Balaban J connectivity index is 2.15. The highest BCUT2D eigenvalue weighted by Gasteiger charge is 2.95. The SMILES string of the molecule is CCOC(=O)[C@]12C(=O)OC(C)(C)[C@@H]1[C@]2(CC)C(=O)c1ccccc1. The number of rotatable bonds is 5. The summed E-state index contributed by atoms with van der Waals surface area (Å²) in [6, 6.07) is 8.79. The highest BCUT2D eigenvalue weighted by atomic mass is 16.6. The Kier molecular flexibility index (Phi) is 3.59. The first kappa shape index (κ1) is 16.7. The molecule has 1 heterocycles. The van der Waals surface area contributed by atoms with Gasteiger partial charge in [-0.1, -0.05) is 37.3 Å². The zero-order valence-electron chi connectivity index (χ0n) is 14.4. The molecule has 1 aliphatic carbocycles. The molecular weight excluding hydrogens is 308 g/mol. The van der Waals surface area contributed by atoms with Crippen LogP contribution in [0.4, 0.5) is 0 Å². The van der Waals surface area contributed by atoms with Gasteiger partial charge in [-0.15, -0.1) is 0 Å². The molecule has 0 unspecified atom stereocenters. The van der Waals surface area contributed by atoms with E-state index < -0.39 is 34.3 Å². The quantitative estimate of drug-likeness (QED) is 0.472. The molecule has 24 heavy (non-hydrogen) atoms. The van der Waals surface area contributed by atoms with Crippen molar-refractivity contribution in [3.8, 4) is 0 Å². The Bertz CT molecular complexity index is 708. The molecule has 5 nitrogen and oxygen atoms in total. The average Bonchev–Trinajstić information content (AvgIpc) is 3.15. The van der Waals surface area contributed by atoms with Crippen LogP contribution >= 0.6 is 0 Å². The van der Waals surface area contributed by atoms with Crippen LogP contribution in [0.25, 0.3) is 0 Å². The second kappa shape index (κ2) is 5.16. The van der Waals surface area contributed by atoms with Crippen LogP contribution < -0.4 is 0 Å². The summed E-state index contributed by atoms with van der Waals surface area (Å²) >= 11 is 0. The lowest BCUT2D eigenvalue weighted by molar-refractivity contribution is -0.166. The van der Waals surface area contributed by atoms with Gasteiger partial charge < -0.3 is 9.47 Å². The minimum Gasteiger partial charge on any atom is -0.465 e. The molecule has 1 saturated heterocycles. The van der Waals surface area contributed by atoms with Gasteiger partial charge in [-0.25, -0.2) is 0 Å². The van der Waals surface area contributed by atoms with Gasteiger partial charge in [0, 0.05) is 11.5 Å². The normalized spacial score (nSPS) is 32.7. The minimum atomic E-state index is -1.52. The highest BCUT2D eigenvalue weighted by Crippen LogP contribution is 2.80. The van der Waals surface area contributed by atoms with Crippen molar-refractivity contribution in [2.45, 2.75) is 39.7 Å². The molecule has 0 amide bonds. The average molecular weight is 330 g/mol. The number of ketones is 1. The Morgan fingerprint density at radius 2 is 1.79 bits per heavy atom. The lowest BCUT2D eigenvalue weighted by Gasteiger charge is -2.28. The van der Waals surface area contributed by atoms with E-state index >= 15 is 0 Å². The lowest BCUT2D eigenvalue weighted by Crippen LogP contribution is -2.40. The Morgan fingerprint density at radius 1 is 1.17 bits per heavy atom. The van der Waals surface area contributed by atoms with E-state index in [9.17, 15) is 14.4 Å². The predicted octanol–water partition coefficient (Wildman–Crippen LogP) is 2.78. The number of benzene rings is 1. The number of carbonyl (C=O) groups excluding carboxylic acids is 3. The third-order valence-corrected chi connectivity index (χ3v) is 5.52. The zero-order valence-corrected chi connectivity index (χ0v) is 14.4. The first-order valence-corrected chi connectivity index (χ1v) is 8.31. The van der Waals surface area contributed by atoms with E-state index in [1.54, 1.807) is 45.0 Å². The largest absolute Gasteiger partial charge is 0.465 e. The second-order valence-electron chi connectivity index (χ2n) is 6.97. The summed E-state index contributed by atoms with van der Waals surface area (Å²) in [6.07, 6.45) is 0.378. The molecule has 1 aromatic carbocycles. The fraction of sp³-hybridized carbons (Fsp3) is 0.526. The van der Waals surface area contributed by atoms with Gasteiger partial charge in [0.1, 0.15) is 5.60 Å². The molecule has 0 N–H and O–H groups in total. The van der Waals surface area contributed by atoms with Crippen LogP contribution in [0.3, 0.4) is 0 Å². The molecule has 2 aliphatic rings. The Labute approximate surface area is 141 Å². The first-order chi connectivity index (χ1) is 11.3. The molecule has 0 radical (unpaired) electrons. The Morgan fingerprint density at radius 3 is 2.33 bits per heavy atom. The van der Waals surface area contributed by atoms with Crippen LogP contribution in [-0.2, 0) is 19.1 Å². The van der Waals surface area contributed by atoms with E-state index in [0.717, 1.165) is 0 Å². The first-order valence-electron chi connectivity index (χ1n) is 8.31. The molecule has 0 bridgehead atoms. The van der Waals surface area contributed by atoms with Crippen molar-refractivity contribution >= 4 is 17.7 Å². The summed E-state index contributed by atoms with van der Waals surface area (Å²) in [5, 5.41) is 0. The number of carbonyl (C=O) groups is 3. The van der Waals surface area contributed by atoms with Crippen LogP contribution in [0.5, 0.6) is 0 Å². The summed E-state index contributed by atoms with van der Waals surface area (Å²) in [7, 11) is 0. The maximum atomic E-state index is 13.3. The summed E-state index contributed by atoms with van der Waals surface area (Å²) in [6.45, 7) is 7.19. The van der Waals surface area contributed by atoms with E-state index in [2.05, 4.69) is 0 Å². The van der Waals surface area contributed by atoms with Gasteiger partial charge >= 0.3 is 11.9 Å². The third kappa shape index (κ3) is 1.73. The molecule has 128 valence electrons. The molecule has 2 fully saturated rings. The van der Waals surface area contributed by atoms with Crippen LogP contribution in [0.2, 0.25) is 0 Å².